The van der Waals surface area contributed by atoms with E-state index in [4.69, 9.17) is 0 Å². The quantitative estimate of drug-likeness (QED) is 0.665. The van der Waals surface area contributed by atoms with Crippen LogP contribution in [0.1, 0.15) is 65.7 Å². The summed E-state index contributed by atoms with van der Waals surface area (Å²) < 4.78 is 0. The van der Waals surface area contributed by atoms with Crippen LogP contribution >= 0.6 is 0 Å². The minimum Gasteiger partial charge on any atom is -0.389 e. The van der Waals surface area contributed by atoms with Crippen LogP contribution in [0.15, 0.2) is 24.3 Å². The number of fused-ring (bicyclic) bond motifs is 3. The van der Waals surface area contributed by atoms with Gasteiger partial charge in [-0.2, -0.15) is 0 Å². The van der Waals surface area contributed by atoms with Gasteiger partial charge in [-0.05, 0) is 86.0 Å². The summed E-state index contributed by atoms with van der Waals surface area (Å²) in [7, 11) is 0. The fraction of sp³-hybridized carbons (Fsp3) is 0.800. The number of rotatable bonds is 1. The topological polar surface area (TPSA) is 20.2 Å². The van der Waals surface area contributed by atoms with E-state index < -0.39 is 0 Å². The highest BCUT2D eigenvalue weighted by molar-refractivity contribution is 5.16. The Morgan fingerprint density at radius 3 is 2.57 bits per heavy atom. The number of aliphatic hydroxyl groups is 1. The van der Waals surface area contributed by atoms with E-state index in [0.29, 0.717) is 10.8 Å². The van der Waals surface area contributed by atoms with E-state index in [1.807, 2.05) is 0 Å². The molecule has 1 heteroatoms. The third kappa shape index (κ3) is 2.23. The maximum Gasteiger partial charge on any atom is 0.0752 e. The average Bonchev–Trinajstić information content (AvgIpc) is 2.68. The van der Waals surface area contributed by atoms with Crippen LogP contribution in [-0.4, -0.2) is 11.2 Å². The maximum absolute atomic E-state index is 10.4. The smallest absolute Gasteiger partial charge is 0.0752 e. The normalized spacial score (nSPS) is 50.2. The molecule has 3 aliphatic carbocycles. The molecule has 0 unspecified atom stereocenters. The highest BCUT2D eigenvalue weighted by Crippen LogP contribution is 2.66. The van der Waals surface area contributed by atoms with Gasteiger partial charge in [0.2, 0.25) is 0 Å². The molecule has 3 aliphatic rings. The summed E-state index contributed by atoms with van der Waals surface area (Å²) in [5.41, 5.74) is 3.21. The van der Waals surface area contributed by atoms with Gasteiger partial charge in [-0.15, -0.1) is 0 Å². The molecule has 6 atom stereocenters. The van der Waals surface area contributed by atoms with Gasteiger partial charge in [0.15, 0.2) is 0 Å². The fourth-order valence-corrected chi connectivity index (χ4v) is 6.33. The van der Waals surface area contributed by atoms with Crippen LogP contribution in [0.3, 0.4) is 0 Å². The van der Waals surface area contributed by atoms with Gasteiger partial charge in [-0.3, -0.25) is 0 Å². The van der Waals surface area contributed by atoms with Gasteiger partial charge in [0.25, 0.3) is 0 Å². The molecule has 3 fully saturated rings. The molecule has 0 aromatic heterocycles. The summed E-state index contributed by atoms with van der Waals surface area (Å²) in [6.45, 7) is 15.6. The van der Waals surface area contributed by atoms with E-state index in [1.54, 1.807) is 0 Å². The standard InChI is InChI=1S/C20H32O/c1-13(2)15-8-11-20(5)16(15)9-10-19(4)12-17(21)14(3)6-7-18(19)20/h15-18,21H,1,3,6-12H2,2,4-5H3/t15-,16+,17-,18+,19+,20+/m0/s1. The molecular formula is C20H32O. The van der Waals surface area contributed by atoms with E-state index in [0.717, 1.165) is 36.2 Å². The van der Waals surface area contributed by atoms with Crippen LogP contribution in [0.4, 0.5) is 0 Å². The minimum absolute atomic E-state index is 0.279. The van der Waals surface area contributed by atoms with Crippen molar-refractivity contribution in [3.63, 3.8) is 0 Å². The molecule has 0 spiro atoms. The molecule has 1 nitrogen and oxygen atoms in total. The van der Waals surface area contributed by atoms with E-state index in [2.05, 4.69) is 33.9 Å². The molecule has 0 aromatic rings. The first-order chi connectivity index (χ1) is 9.78. The Hall–Kier alpha value is -0.560. The van der Waals surface area contributed by atoms with Gasteiger partial charge in [-0.25, -0.2) is 0 Å². The third-order valence-corrected chi connectivity index (χ3v) is 7.51. The molecule has 1 N–H and O–H groups in total. The second-order valence-electron chi connectivity index (χ2n) is 8.77. The van der Waals surface area contributed by atoms with Crippen LogP contribution in [0.5, 0.6) is 0 Å². The Morgan fingerprint density at radius 2 is 1.90 bits per heavy atom. The number of allylic oxidation sites excluding steroid dienone is 1. The molecule has 21 heavy (non-hydrogen) atoms. The predicted molar refractivity (Wildman–Crippen MR) is 89.0 cm³/mol. The molecule has 0 radical (unpaired) electrons. The van der Waals surface area contributed by atoms with E-state index in [9.17, 15) is 5.11 Å². The van der Waals surface area contributed by atoms with E-state index >= 15 is 0 Å². The molecule has 0 aromatic carbocycles. The molecule has 0 saturated heterocycles. The zero-order chi connectivity index (χ0) is 15.4. The van der Waals surface area contributed by atoms with Gasteiger partial charge in [0.1, 0.15) is 0 Å². The van der Waals surface area contributed by atoms with Crippen molar-refractivity contribution < 1.29 is 5.11 Å². The van der Waals surface area contributed by atoms with Crippen molar-refractivity contribution >= 4 is 0 Å². The molecule has 0 bridgehead atoms. The first-order valence-corrected chi connectivity index (χ1v) is 8.79. The molecule has 0 heterocycles. The monoisotopic (exact) mass is 288 g/mol. The molecule has 0 amide bonds. The van der Waals surface area contributed by atoms with Crippen molar-refractivity contribution in [3.8, 4) is 0 Å². The second-order valence-corrected chi connectivity index (χ2v) is 8.77. The summed E-state index contributed by atoms with van der Waals surface area (Å²) in [5.74, 6) is 2.29. The minimum atomic E-state index is -0.279. The lowest BCUT2D eigenvalue weighted by Gasteiger charge is -2.55. The Balaban J connectivity index is 1.94. The number of hydrogen-bond acceptors (Lipinski definition) is 1. The largest absolute Gasteiger partial charge is 0.389 e. The number of hydrogen-bond donors (Lipinski definition) is 1. The van der Waals surface area contributed by atoms with Gasteiger partial charge in [-0.1, -0.05) is 32.6 Å². The van der Waals surface area contributed by atoms with Gasteiger partial charge in [0, 0.05) is 0 Å². The Kier molecular flexibility index (Phi) is 3.64. The third-order valence-electron chi connectivity index (χ3n) is 7.51. The van der Waals surface area contributed by atoms with Crippen LogP contribution < -0.4 is 0 Å². The summed E-state index contributed by atoms with van der Waals surface area (Å²) in [5, 5.41) is 10.4. The van der Waals surface area contributed by atoms with Crippen LogP contribution in [-0.2, 0) is 0 Å². The van der Waals surface area contributed by atoms with Crippen molar-refractivity contribution in [2.75, 3.05) is 0 Å². The zero-order valence-corrected chi connectivity index (χ0v) is 14.1. The highest BCUT2D eigenvalue weighted by atomic mass is 16.3. The first kappa shape index (κ1) is 15.3. The van der Waals surface area contributed by atoms with Gasteiger partial charge >= 0.3 is 0 Å². The molecular weight excluding hydrogens is 256 g/mol. The Bertz CT molecular complexity index is 464. The van der Waals surface area contributed by atoms with Crippen molar-refractivity contribution in [1.29, 1.82) is 0 Å². The Labute approximate surface area is 130 Å². The molecule has 0 aliphatic heterocycles. The zero-order valence-electron chi connectivity index (χ0n) is 14.1. The fourth-order valence-electron chi connectivity index (χ4n) is 6.33. The highest BCUT2D eigenvalue weighted by Gasteiger charge is 2.58. The van der Waals surface area contributed by atoms with E-state index in [1.165, 1.54) is 37.7 Å². The summed E-state index contributed by atoms with van der Waals surface area (Å²) >= 11 is 0. The lowest BCUT2D eigenvalue weighted by Crippen LogP contribution is -2.47. The molecule has 3 rings (SSSR count). The lowest BCUT2D eigenvalue weighted by atomic mass is 9.50. The van der Waals surface area contributed by atoms with Crippen molar-refractivity contribution in [2.24, 2.45) is 28.6 Å². The van der Waals surface area contributed by atoms with Crippen LogP contribution in [0.25, 0.3) is 0 Å². The van der Waals surface area contributed by atoms with Gasteiger partial charge in [0.05, 0.1) is 6.10 Å². The summed E-state index contributed by atoms with van der Waals surface area (Å²) in [6, 6.07) is 0. The summed E-state index contributed by atoms with van der Waals surface area (Å²) in [6.07, 6.45) is 8.15. The lowest BCUT2D eigenvalue weighted by molar-refractivity contribution is -0.0616. The summed E-state index contributed by atoms with van der Waals surface area (Å²) in [4.78, 5) is 0. The predicted octanol–water partition coefficient (Wildman–Crippen LogP) is 5.11. The average molecular weight is 288 g/mol. The number of aliphatic hydroxyl groups excluding tert-OH is 1. The Morgan fingerprint density at radius 1 is 1.19 bits per heavy atom. The van der Waals surface area contributed by atoms with Crippen molar-refractivity contribution in [1.82, 2.24) is 0 Å². The van der Waals surface area contributed by atoms with E-state index in [-0.39, 0.29) is 6.10 Å². The van der Waals surface area contributed by atoms with Crippen molar-refractivity contribution in [2.45, 2.75) is 71.8 Å². The van der Waals surface area contributed by atoms with Gasteiger partial charge < -0.3 is 5.11 Å². The second kappa shape index (κ2) is 4.98. The van der Waals surface area contributed by atoms with Crippen LogP contribution in [0, 0.1) is 28.6 Å². The molecule has 3 saturated carbocycles. The molecule has 118 valence electrons. The maximum atomic E-state index is 10.4. The van der Waals surface area contributed by atoms with Crippen molar-refractivity contribution in [3.05, 3.63) is 24.3 Å². The first-order valence-electron chi connectivity index (χ1n) is 8.79. The SMILES string of the molecule is C=C1CC[C@@H]2[C@](C)(CC[C@@H]3[C@H](C(=C)C)CC[C@]32C)C[C@@H]1O. The van der Waals surface area contributed by atoms with Crippen LogP contribution in [0.2, 0.25) is 0 Å².